The van der Waals surface area contributed by atoms with Crippen LogP contribution in [-0.2, 0) is 16.1 Å². The van der Waals surface area contributed by atoms with Crippen LogP contribution in [0.15, 0.2) is 78.5 Å². The average Bonchev–Trinajstić information content (AvgIpc) is 3.05. The SMILES string of the molecule is CCOc1cccc(NC2=C(c3ccc(OC)cc3)C(=O)N(Cc3ccc(C)cc3)C2=O)c1. The Hall–Kier alpha value is -4.06. The Kier molecular flexibility index (Phi) is 6.45. The zero-order valence-electron chi connectivity index (χ0n) is 18.9. The third-order valence-electron chi connectivity index (χ3n) is 5.42. The Morgan fingerprint density at radius 2 is 1.61 bits per heavy atom. The number of imide groups is 1. The molecule has 33 heavy (non-hydrogen) atoms. The van der Waals surface area contributed by atoms with Crippen LogP contribution in [0.2, 0.25) is 0 Å². The van der Waals surface area contributed by atoms with Gasteiger partial charge < -0.3 is 14.8 Å². The second-order valence-electron chi connectivity index (χ2n) is 7.75. The van der Waals surface area contributed by atoms with Crippen molar-refractivity contribution in [2.75, 3.05) is 19.0 Å². The van der Waals surface area contributed by atoms with Gasteiger partial charge in [0.2, 0.25) is 0 Å². The third kappa shape index (κ3) is 4.75. The predicted octanol–water partition coefficient (Wildman–Crippen LogP) is 4.79. The highest BCUT2D eigenvalue weighted by Gasteiger charge is 2.39. The lowest BCUT2D eigenvalue weighted by atomic mass is 10.0. The number of carbonyl (C=O) groups excluding carboxylic acids is 2. The van der Waals surface area contributed by atoms with Crippen LogP contribution in [0.1, 0.15) is 23.6 Å². The summed E-state index contributed by atoms with van der Waals surface area (Å²) in [5, 5.41) is 3.18. The molecule has 1 aliphatic rings. The summed E-state index contributed by atoms with van der Waals surface area (Å²) in [5.74, 6) is 0.649. The standard InChI is InChI=1S/C27H26N2O4/c1-4-33-23-7-5-6-21(16-23)28-25-24(20-12-14-22(32-3)15-13-20)26(30)29(27(25)31)17-19-10-8-18(2)9-11-19/h5-16,28H,4,17H2,1-3H3. The maximum absolute atomic E-state index is 13.5. The predicted molar refractivity (Wildman–Crippen MR) is 128 cm³/mol. The zero-order chi connectivity index (χ0) is 23.4. The van der Waals surface area contributed by atoms with Gasteiger partial charge in [-0.05, 0) is 49.2 Å². The second kappa shape index (κ2) is 9.61. The second-order valence-corrected chi connectivity index (χ2v) is 7.75. The van der Waals surface area contributed by atoms with E-state index in [0.717, 1.165) is 11.1 Å². The number of amides is 2. The van der Waals surface area contributed by atoms with E-state index < -0.39 is 0 Å². The Labute approximate surface area is 193 Å². The average molecular weight is 443 g/mol. The molecule has 1 heterocycles. The van der Waals surface area contributed by atoms with Crippen LogP contribution in [0.5, 0.6) is 11.5 Å². The number of benzene rings is 3. The molecule has 3 aromatic carbocycles. The van der Waals surface area contributed by atoms with Gasteiger partial charge >= 0.3 is 0 Å². The minimum absolute atomic E-state index is 0.196. The molecule has 0 atom stereocenters. The number of nitrogens with zero attached hydrogens (tertiary/aromatic N) is 1. The lowest BCUT2D eigenvalue weighted by Crippen LogP contribution is -2.32. The molecule has 0 aliphatic carbocycles. The number of nitrogens with one attached hydrogen (secondary N) is 1. The summed E-state index contributed by atoms with van der Waals surface area (Å²) < 4.78 is 10.8. The van der Waals surface area contributed by atoms with Gasteiger partial charge in [0.15, 0.2) is 0 Å². The van der Waals surface area contributed by atoms with E-state index >= 15 is 0 Å². The first kappa shape index (κ1) is 22.1. The summed E-state index contributed by atoms with van der Waals surface area (Å²) in [5.41, 5.74) is 3.88. The Morgan fingerprint density at radius 3 is 2.27 bits per heavy atom. The van der Waals surface area contributed by atoms with Crippen LogP contribution in [0.4, 0.5) is 5.69 Å². The third-order valence-corrected chi connectivity index (χ3v) is 5.42. The quantitative estimate of drug-likeness (QED) is 0.508. The maximum atomic E-state index is 13.5. The van der Waals surface area contributed by atoms with Gasteiger partial charge in [0.05, 0.1) is 25.8 Å². The first-order valence-corrected chi connectivity index (χ1v) is 10.8. The number of anilines is 1. The molecule has 0 saturated heterocycles. The number of hydrogen-bond donors (Lipinski definition) is 1. The Balaban J connectivity index is 1.71. The molecule has 0 fully saturated rings. The first-order valence-electron chi connectivity index (χ1n) is 10.8. The maximum Gasteiger partial charge on any atom is 0.278 e. The van der Waals surface area contributed by atoms with Crippen molar-refractivity contribution >= 4 is 23.1 Å². The number of carbonyl (C=O) groups is 2. The summed E-state index contributed by atoms with van der Waals surface area (Å²) in [6.07, 6.45) is 0. The van der Waals surface area contributed by atoms with E-state index in [4.69, 9.17) is 9.47 Å². The van der Waals surface area contributed by atoms with E-state index in [1.807, 2.05) is 62.4 Å². The van der Waals surface area contributed by atoms with Gasteiger partial charge in [0.25, 0.3) is 11.8 Å². The summed E-state index contributed by atoms with van der Waals surface area (Å²) in [4.78, 5) is 28.2. The van der Waals surface area contributed by atoms with E-state index in [9.17, 15) is 9.59 Å². The topological polar surface area (TPSA) is 67.9 Å². The van der Waals surface area contributed by atoms with E-state index in [-0.39, 0.29) is 24.1 Å². The number of rotatable bonds is 8. The van der Waals surface area contributed by atoms with Gasteiger partial charge in [-0.1, -0.05) is 48.0 Å². The van der Waals surface area contributed by atoms with Crippen LogP contribution >= 0.6 is 0 Å². The van der Waals surface area contributed by atoms with E-state index in [0.29, 0.717) is 34.9 Å². The first-order chi connectivity index (χ1) is 16.0. The number of ether oxygens (including phenoxy) is 2. The summed E-state index contributed by atoms with van der Waals surface area (Å²) in [7, 11) is 1.58. The molecule has 3 aromatic rings. The van der Waals surface area contributed by atoms with Crippen molar-refractivity contribution in [3.63, 3.8) is 0 Å². The summed E-state index contributed by atoms with van der Waals surface area (Å²) in [6.45, 7) is 4.64. The van der Waals surface area contributed by atoms with Crippen LogP contribution in [0.3, 0.4) is 0 Å². The molecule has 1 N–H and O–H groups in total. The molecule has 0 radical (unpaired) electrons. The van der Waals surface area contributed by atoms with Crippen molar-refractivity contribution in [3.8, 4) is 11.5 Å². The Morgan fingerprint density at radius 1 is 0.879 bits per heavy atom. The van der Waals surface area contributed by atoms with Crippen molar-refractivity contribution in [1.82, 2.24) is 4.90 Å². The normalized spacial score (nSPS) is 13.5. The molecule has 1 aliphatic heterocycles. The van der Waals surface area contributed by atoms with Crippen molar-refractivity contribution in [2.45, 2.75) is 20.4 Å². The lowest BCUT2D eigenvalue weighted by molar-refractivity contribution is -0.137. The molecular formula is C27H26N2O4. The van der Waals surface area contributed by atoms with Crippen LogP contribution < -0.4 is 14.8 Å². The fourth-order valence-corrected chi connectivity index (χ4v) is 3.71. The van der Waals surface area contributed by atoms with Crippen molar-refractivity contribution < 1.29 is 19.1 Å². The van der Waals surface area contributed by atoms with E-state index in [1.54, 1.807) is 31.4 Å². The van der Waals surface area contributed by atoms with E-state index in [1.165, 1.54) is 4.90 Å². The molecule has 0 saturated carbocycles. The van der Waals surface area contributed by atoms with Crippen LogP contribution in [0, 0.1) is 6.92 Å². The highest BCUT2D eigenvalue weighted by atomic mass is 16.5. The molecule has 168 valence electrons. The molecule has 2 amide bonds. The molecule has 0 spiro atoms. The van der Waals surface area contributed by atoms with Gasteiger partial charge in [-0.25, -0.2) is 0 Å². The monoisotopic (exact) mass is 442 g/mol. The van der Waals surface area contributed by atoms with Crippen molar-refractivity contribution in [1.29, 1.82) is 0 Å². The summed E-state index contributed by atoms with van der Waals surface area (Å²) >= 11 is 0. The molecule has 6 heteroatoms. The highest BCUT2D eigenvalue weighted by Crippen LogP contribution is 2.33. The molecule has 0 unspecified atom stereocenters. The van der Waals surface area contributed by atoms with E-state index in [2.05, 4.69) is 5.32 Å². The molecule has 0 bridgehead atoms. The lowest BCUT2D eigenvalue weighted by Gasteiger charge is -2.16. The minimum atomic E-state index is -0.367. The van der Waals surface area contributed by atoms with Crippen LogP contribution in [0.25, 0.3) is 5.57 Å². The van der Waals surface area contributed by atoms with Gasteiger partial charge in [0.1, 0.15) is 17.2 Å². The number of aryl methyl sites for hydroxylation is 1. The molecule has 6 nitrogen and oxygen atoms in total. The zero-order valence-corrected chi connectivity index (χ0v) is 18.9. The van der Waals surface area contributed by atoms with Crippen molar-refractivity contribution in [3.05, 3.63) is 95.2 Å². The smallest absolute Gasteiger partial charge is 0.278 e. The molecular weight excluding hydrogens is 416 g/mol. The summed E-state index contributed by atoms with van der Waals surface area (Å²) in [6, 6.07) is 22.2. The van der Waals surface area contributed by atoms with Crippen LogP contribution in [-0.4, -0.2) is 30.4 Å². The fourth-order valence-electron chi connectivity index (χ4n) is 3.71. The van der Waals surface area contributed by atoms with Gasteiger partial charge in [0, 0.05) is 11.8 Å². The van der Waals surface area contributed by atoms with Gasteiger partial charge in [-0.2, -0.15) is 0 Å². The van der Waals surface area contributed by atoms with Gasteiger partial charge in [-0.3, -0.25) is 14.5 Å². The fraction of sp³-hybridized carbons (Fsp3) is 0.185. The van der Waals surface area contributed by atoms with Crippen molar-refractivity contribution in [2.24, 2.45) is 0 Å². The molecule has 0 aromatic heterocycles. The molecule has 4 rings (SSSR count). The number of hydrogen-bond acceptors (Lipinski definition) is 5. The van der Waals surface area contributed by atoms with Gasteiger partial charge in [-0.15, -0.1) is 0 Å². The largest absolute Gasteiger partial charge is 0.497 e. The Bertz CT molecular complexity index is 1200. The number of methoxy groups -OCH3 is 1. The highest BCUT2D eigenvalue weighted by molar-refractivity contribution is 6.36. The minimum Gasteiger partial charge on any atom is -0.497 e.